The van der Waals surface area contributed by atoms with Crippen LogP contribution in [0.5, 0.6) is 0 Å². The Morgan fingerprint density at radius 3 is 2.55 bits per heavy atom. The summed E-state index contributed by atoms with van der Waals surface area (Å²) in [5, 5.41) is 32.8. The molecule has 196 valence electrons. The number of benzene rings is 1. The fourth-order valence-corrected chi connectivity index (χ4v) is 6.57. The van der Waals surface area contributed by atoms with Gasteiger partial charge in [0.1, 0.15) is 17.2 Å². The molecule has 2 bridgehead atoms. The molecule has 3 heterocycles. The standard InChI is InChI=1S/C29H29F2N5O2/c1-27(2)19-10-11-29(27,26-18(19)12-23(34-35-26)25-20(30)6-4-7-21(25)31)24-9-5-8-22(33-24)17-13-32-36(14-17)15-28(3,38)16-37/h4-9,12-14,19,37-38H,10-11,15-16H2,1-3H3/t19-,28-,29-/m0/s1. The molecule has 0 saturated heterocycles. The molecule has 38 heavy (non-hydrogen) atoms. The van der Waals surface area contributed by atoms with Gasteiger partial charge in [-0.3, -0.25) is 9.67 Å². The molecule has 0 amide bonds. The monoisotopic (exact) mass is 517 g/mol. The third kappa shape index (κ3) is 3.52. The molecule has 7 nitrogen and oxygen atoms in total. The largest absolute Gasteiger partial charge is 0.393 e. The Hall–Kier alpha value is -3.56. The Morgan fingerprint density at radius 1 is 1.08 bits per heavy atom. The fraction of sp³-hybridized carbons (Fsp3) is 0.379. The number of rotatable bonds is 6. The zero-order chi connectivity index (χ0) is 26.9. The first-order valence-corrected chi connectivity index (χ1v) is 12.7. The minimum Gasteiger partial charge on any atom is -0.393 e. The van der Waals surface area contributed by atoms with Crippen molar-refractivity contribution >= 4 is 0 Å². The molecule has 9 heteroatoms. The number of aliphatic hydroxyl groups is 2. The van der Waals surface area contributed by atoms with Gasteiger partial charge in [0.25, 0.3) is 0 Å². The summed E-state index contributed by atoms with van der Waals surface area (Å²) >= 11 is 0. The van der Waals surface area contributed by atoms with Crippen molar-refractivity contribution in [3.05, 3.63) is 83.4 Å². The van der Waals surface area contributed by atoms with Gasteiger partial charge in [0.15, 0.2) is 0 Å². The molecule has 6 rings (SSSR count). The number of hydrogen-bond donors (Lipinski definition) is 2. The number of halogens is 2. The molecular formula is C29H29F2N5O2. The Kier molecular flexibility index (Phi) is 5.52. The van der Waals surface area contributed by atoms with Crippen LogP contribution in [0.15, 0.2) is 54.9 Å². The van der Waals surface area contributed by atoms with Crippen molar-refractivity contribution in [2.75, 3.05) is 6.61 Å². The van der Waals surface area contributed by atoms with Crippen LogP contribution in [0.2, 0.25) is 0 Å². The summed E-state index contributed by atoms with van der Waals surface area (Å²) in [6.45, 7) is 5.74. The minimum atomic E-state index is -1.28. The Morgan fingerprint density at radius 2 is 1.82 bits per heavy atom. The van der Waals surface area contributed by atoms with Crippen LogP contribution in [-0.4, -0.2) is 47.4 Å². The van der Waals surface area contributed by atoms with Crippen LogP contribution >= 0.6 is 0 Å². The van der Waals surface area contributed by atoms with Crippen molar-refractivity contribution < 1.29 is 19.0 Å². The molecule has 3 atom stereocenters. The molecule has 2 aliphatic rings. The lowest BCUT2D eigenvalue weighted by Crippen LogP contribution is -2.37. The molecule has 1 fully saturated rings. The first kappa shape index (κ1) is 24.8. The SMILES string of the molecule is CC1(C)[C@H]2CC[C@]1(c1cccc(-c3cnn(C[C@](C)(O)CO)c3)n1)c1nnc(-c3c(F)cccc3F)cc12. The fourth-order valence-electron chi connectivity index (χ4n) is 6.57. The Balaban J connectivity index is 1.42. The minimum absolute atomic E-state index is 0.149. The second kappa shape index (κ2) is 8.47. The zero-order valence-corrected chi connectivity index (χ0v) is 21.5. The van der Waals surface area contributed by atoms with Gasteiger partial charge in [-0.15, -0.1) is 5.10 Å². The van der Waals surface area contributed by atoms with E-state index in [0.29, 0.717) is 0 Å². The first-order valence-electron chi connectivity index (χ1n) is 12.7. The van der Waals surface area contributed by atoms with Crippen LogP contribution in [0.1, 0.15) is 56.5 Å². The lowest BCUT2D eigenvalue weighted by molar-refractivity contribution is -0.0145. The van der Waals surface area contributed by atoms with Gasteiger partial charge in [-0.2, -0.15) is 10.2 Å². The Bertz CT molecular complexity index is 1530. The van der Waals surface area contributed by atoms with E-state index in [4.69, 9.17) is 4.98 Å². The molecule has 0 spiro atoms. The van der Waals surface area contributed by atoms with Gasteiger partial charge in [-0.05, 0) is 67.0 Å². The summed E-state index contributed by atoms with van der Waals surface area (Å²) < 4.78 is 30.7. The van der Waals surface area contributed by atoms with E-state index in [9.17, 15) is 19.0 Å². The topological polar surface area (TPSA) is 97.0 Å². The molecule has 0 aliphatic heterocycles. The average molecular weight is 518 g/mol. The number of aliphatic hydroxyl groups excluding tert-OH is 1. The molecule has 3 aromatic heterocycles. The molecule has 2 N–H and O–H groups in total. The smallest absolute Gasteiger partial charge is 0.135 e. The number of nitrogens with zero attached hydrogens (tertiary/aromatic N) is 5. The van der Waals surface area contributed by atoms with Gasteiger partial charge in [0.05, 0.1) is 53.1 Å². The van der Waals surface area contributed by atoms with Crippen molar-refractivity contribution in [1.29, 1.82) is 0 Å². The predicted molar refractivity (Wildman–Crippen MR) is 137 cm³/mol. The highest BCUT2D eigenvalue weighted by Gasteiger charge is 2.65. The second-order valence-electron chi connectivity index (χ2n) is 11.3. The number of aromatic nitrogens is 5. The summed E-state index contributed by atoms with van der Waals surface area (Å²) in [7, 11) is 0. The second-order valence-corrected chi connectivity index (χ2v) is 11.3. The van der Waals surface area contributed by atoms with E-state index in [1.165, 1.54) is 18.2 Å². The summed E-state index contributed by atoms with van der Waals surface area (Å²) in [4.78, 5) is 5.07. The lowest BCUT2D eigenvalue weighted by Gasteiger charge is -2.37. The number of fused-ring (bicyclic) bond motifs is 5. The third-order valence-electron chi connectivity index (χ3n) is 8.56. The molecule has 2 aliphatic carbocycles. The molecule has 4 aromatic rings. The van der Waals surface area contributed by atoms with Crippen LogP contribution in [0.4, 0.5) is 8.78 Å². The van der Waals surface area contributed by atoms with Gasteiger partial charge in [-0.25, -0.2) is 8.78 Å². The predicted octanol–water partition coefficient (Wildman–Crippen LogP) is 4.63. The highest BCUT2D eigenvalue weighted by molar-refractivity contribution is 5.65. The molecule has 1 aromatic carbocycles. The third-order valence-corrected chi connectivity index (χ3v) is 8.56. The first-order chi connectivity index (χ1) is 18.1. The van der Waals surface area contributed by atoms with Crippen LogP contribution in [0.3, 0.4) is 0 Å². The maximum absolute atomic E-state index is 14.5. The normalized spacial score (nSPS) is 22.9. The Labute approximate surface area is 219 Å². The van der Waals surface area contributed by atoms with E-state index in [1.54, 1.807) is 30.1 Å². The van der Waals surface area contributed by atoms with Crippen LogP contribution < -0.4 is 0 Å². The molecule has 0 unspecified atom stereocenters. The summed E-state index contributed by atoms with van der Waals surface area (Å²) in [6, 6.07) is 11.5. The van der Waals surface area contributed by atoms with Gasteiger partial charge < -0.3 is 10.2 Å². The lowest BCUT2D eigenvalue weighted by atomic mass is 9.66. The van der Waals surface area contributed by atoms with Crippen LogP contribution in [0, 0.1) is 17.0 Å². The average Bonchev–Trinajstić information content (AvgIpc) is 3.51. The van der Waals surface area contributed by atoms with Crippen LogP contribution in [-0.2, 0) is 12.0 Å². The van der Waals surface area contributed by atoms with Crippen molar-refractivity contribution in [3.8, 4) is 22.5 Å². The molecule has 1 saturated carbocycles. The van der Waals surface area contributed by atoms with Crippen molar-refractivity contribution in [1.82, 2.24) is 25.0 Å². The maximum atomic E-state index is 14.5. The van der Waals surface area contributed by atoms with E-state index in [0.717, 1.165) is 41.1 Å². The van der Waals surface area contributed by atoms with Crippen molar-refractivity contribution in [3.63, 3.8) is 0 Å². The summed E-state index contributed by atoms with van der Waals surface area (Å²) in [5.41, 5.74) is 2.20. The van der Waals surface area contributed by atoms with Gasteiger partial charge in [-0.1, -0.05) is 26.0 Å². The number of pyridine rings is 1. The van der Waals surface area contributed by atoms with E-state index in [2.05, 4.69) is 29.1 Å². The van der Waals surface area contributed by atoms with Crippen LogP contribution in [0.25, 0.3) is 22.5 Å². The van der Waals surface area contributed by atoms with E-state index in [-0.39, 0.29) is 35.7 Å². The highest BCUT2D eigenvalue weighted by Crippen LogP contribution is 2.69. The highest BCUT2D eigenvalue weighted by atomic mass is 19.1. The van der Waals surface area contributed by atoms with Crippen molar-refractivity contribution in [2.24, 2.45) is 5.41 Å². The molecule has 0 radical (unpaired) electrons. The molecular weight excluding hydrogens is 488 g/mol. The van der Waals surface area contributed by atoms with E-state index in [1.807, 2.05) is 18.2 Å². The van der Waals surface area contributed by atoms with E-state index < -0.39 is 22.7 Å². The van der Waals surface area contributed by atoms with E-state index >= 15 is 0 Å². The maximum Gasteiger partial charge on any atom is 0.135 e. The quantitative estimate of drug-likeness (QED) is 0.387. The summed E-state index contributed by atoms with van der Waals surface area (Å²) in [5.74, 6) is -1.17. The van der Waals surface area contributed by atoms with Gasteiger partial charge >= 0.3 is 0 Å². The summed E-state index contributed by atoms with van der Waals surface area (Å²) in [6.07, 6.45) is 5.24. The van der Waals surface area contributed by atoms with Gasteiger partial charge in [0, 0.05) is 11.8 Å². The van der Waals surface area contributed by atoms with Crippen molar-refractivity contribution in [2.45, 2.75) is 57.1 Å². The number of hydrogen-bond acceptors (Lipinski definition) is 6. The zero-order valence-electron chi connectivity index (χ0n) is 21.5. The van der Waals surface area contributed by atoms with Gasteiger partial charge in [0.2, 0.25) is 0 Å².